The van der Waals surface area contributed by atoms with Crippen LogP contribution in [0.25, 0.3) is 44.2 Å². The van der Waals surface area contributed by atoms with Crippen molar-refractivity contribution in [1.29, 1.82) is 0 Å². The predicted molar refractivity (Wildman–Crippen MR) is 229 cm³/mol. The third kappa shape index (κ3) is 5.43. The highest BCUT2D eigenvalue weighted by Gasteiger charge is 2.40. The SMILES string of the molecule is CC(C)c1cccc2c1-c1ccc(N(c3ccc(-c4ccc(C5CC6CCC5C6)cc4)cc3)c3cc4ccccc4cc3-c3ccccc3)cc1C2(C)C. The fourth-order valence-electron chi connectivity index (χ4n) is 10.5. The Morgan fingerprint density at radius 1 is 0.556 bits per heavy atom. The Hall–Kier alpha value is -5.40. The van der Waals surface area contributed by atoms with Crippen molar-refractivity contribution in [2.45, 2.75) is 70.6 Å². The van der Waals surface area contributed by atoms with E-state index in [1.54, 1.807) is 5.56 Å². The Labute approximate surface area is 321 Å². The molecular weight excluding hydrogens is 651 g/mol. The van der Waals surface area contributed by atoms with E-state index in [9.17, 15) is 0 Å². The third-order valence-corrected chi connectivity index (χ3v) is 13.3. The fraction of sp³-hybridized carbons (Fsp3) is 0.245. The first-order chi connectivity index (χ1) is 26.3. The Kier molecular flexibility index (Phi) is 7.91. The van der Waals surface area contributed by atoms with E-state index in [1.165, 1.54) is 97.9 Å². The lowest BCUT2D eigenvalue weighted by molar-refractivity contribution is 0.420. The lowest BCUT2D eigenvalue weighted by Gasteiger charge is -2.30. The molecule has 0 radical (unpaired) electrons. The first-order valence-corrected chi connectivity index (χ1v) is 20.2. The maximum absolute atomic E-state index is 2.50. The van der Waals surface area contributed by atoms with E-state index >= 15 is 0 Å². The summed E-state index contributed by atoms with van der Waals surface area (Å²) >= 11 is 0. The summed E-state index contributed by atoms with van der Waals surface area (Å²) in [5.41, 5.74) is 17.0. The monoisotopic (exact) mass is 699 g/mol. The van der Waals surface area contributed by atoms with Crippen LogP contribution in [-0.4, -0.2) is 0 Å². The second-order valence-corrected chi connectivity index (χ2v) is 17.1. The van der Waals surface area contributed by atoms with Gasteiger partial charge in [-0.3, -0.25) is 0 Å². The standard InChI is InChI=1S/C53H49N/c1-34(2)45-15-10-16-49-52(45)46-28-27-44(33-50(46)53(49,3)4)54(51-32-41-14-9-8-13-40(41)31-48(51)38-11-6-5-7-12-38)43-25-23-37(24-26-43)36-19-21-39(22-20-36)47-30-35-17-18-42(47)29-35/h5-16,19-28,31-35,42,47H,17-18,29-30H2,1-4H3. The Morgan fingerprint density at radius 2 is 1.24 bits per heavy atom. The molecule has 3 atom stereocenters. The van der Waals surface area contributed by atoms with E-state index in [-0.39, 0.29) is 5.41 Å². The summed E-state index contributed by atoms with van der Waals surface area (Å²) in [5, 5.41) is 2.48. The molecule has 3 aliphatic carbocycles. The summed E-state index contributed by atoms with van der Waals surface area (Å²) < 4.78 is 0. The lowest BCUT2D eigenvalue weighted by Crippen LogP contribution is -2.17. The highest BCUT2D eigenvalue weighted by Crippen LogP contribution is 2.55. The van der Waals surface area contributed by atoms with E-state index in [0.717, 1.165) is 23.4 Å². The van der Waals surface area contributed by atoms with Gasteiger partial charge >= 0.3 is 0 Å². The highest BCUT2D eigenvalue weighted by molar-refractivity contribution is 5.99. The van der Waals surface area contributed by atoms with Crippen molar-refractivity contribution in [1.82, 2.24) is 0 Å². The van der Waals surface area contributed by atoms with E-state index in [1.807, 2.05) is 0 Å². The minimum absolute atomic E-state index is 0.114. The normalized spacial score (nSPS) is 19.3. The molecule has 7 aromatic carbocycles. The molecule has 7 aromatic rings. The smallest absolute Gasteiger partial charge is 0.0546 e. The van der Waals surface area contributed by atoms with Gasteiger partial charge in [-0.1, -0.05) is 149 Å². The average molecular weight is 700 g/mol. The van der Waals surface area contributed by atoms with Crippen molar-refractivity contribution >= 4 is 27.8 Å². The third-order valence-electron chi connectivity index (χ3n) is 13.3. The van der Waals surface area contributed by atoms with Crippen LogP contribution >= 0.6 is 0 Å². The van der Waals surface area contributed by atoms with E-state index in [2.05, 4.69) is 184 Å². The number of nitrogens with zero attached hydrogens (tertiary/aromatic N) is 1. The average Bonchev–Trinajstić information content (AvgIpc) is 3.91. The van der Waals surface area contributed by atoms with Crippen LogP contribution in [0.4, 0.5) is 17.1 Å². The molecule has 266 valence electrons. The molecule has 0 aromatic heterocycles. The molecule has 0 N–H and O–H groups in total. The van der Waals surface area contributed by atoms with Crippen LogP contribution < -0.4 is 4.90 Å². The number of rotatable bonds is 7. The number of hydrogen-bond donors (Lipinski definition) is 0. The highest BCUT2D eigenvalue weighted by atomic mass is 15.1. The molecule has 0 spiro atoms. The number of anilines is 3. The van der Waals surface area contributed by atoms with Crippen molar-refractivity contribution in [2.75, 3.05) is 4.90 Å². The number of hydrogen-bond acceptors (Lipinski definition) is 1. The molecule has 0 amide bonds. The summed E-state index contributed by atoms with van der Waals surface area (Å²) in [6.45, 7) is 9.44. The molecule has 0 heterocycles. The van der Waals surface area contributed by atoms with Gasteiger partial charge in [-0.25, -0.2) is 0 Å². The van der Waals surface area contributed by atoms with Gasteiger partial charge in [0.05, 0.1) is 5.69 Å². The fourth-order valence-corrected chi connectivity index (χ4v) is 10.5. The van der Waals surface area contributed by atoms with Crippen LogP contribution in [-0.2, 0) is 5.41 Å². The van der Waals surface area contributed by atoms with Crippen molar-refractivity contribution in [3.05, 3.63) is 174 Å². The zero-order valence-corrected chi connectivity index (χ0v) is 32.0. The summed E-state index contributed by atoms with van der Waals surface area (Å²) in [6, 6.07) is 57.4. The van der Waals surface area contributed by atoms with Gasteiger partial charge in [-0.15, -0.1) is 0 Å². The second-order valence-electron chi connectivity index (χ2n) is 17.1. The van der Waals surface area contributed by atoms with Gasteiger partial charge in [0.1, 0.15) is 0 Å². The van der Waals surface area contributed by atoms with Crippen molar-refractivity contribution < 1.29 is 0 Å². The van der Waals surface area contributed by atoms with E-state index < -0.39 is 0 Å². The summed E-state index contributed by atoms with van der Waals surface area (Å²) in [5.74, 6) is 3.08. The van der Waals surface area contributed by atoms with Crippen molar-refractivity contribution in [2.24, 2.45) is 11.8 Å². The van der Waals surface area contributed by atoms with Gasteiger partial charge in [-0.05, 0) is 140 Å². The molecule has 1 heteroatoms. The second kappa shape index (κ2) is 12.9. The van der Waals surface area contributed by atoms with Crippen molar-refractivity contribution in [3.63, 3.8) is 0 Å². The summed E-state index contributed by atoms with van der Waals surface area (Å²) in [7, 11) is 0. The minimum atomic E-state index is -0.114. The van der Waals surface area contributed by atoms with Gasteiger partial charge in [0.2, 0.25) is 0 Å². The number of benzene rings is 7. The maximum atomic E-state index is 2.50. The largest absolute Gasteiger partial charge is 0.310 e. The van der Waals surface area contributed by atoms with Crippen LogP contribution in [0.1, 0.15) is 87.5 Å². The minimum Gasteiger partial charge on any atom is -0.310 e. The molecule has 0 aliphatic heterocycles. The van der Waals surface area contributed by atoms with Gasteiger partial charge < -0.3 is 4.90 Å². The van der Waals surface area contributed by atoms with Gasteiger partial charge in [0, 0.05) is 22.4 Å². The molecule has 3 aliphatic rings. The van der Waals surface area contributed by atoms with Crippen LogP contribution in [0, 0.1) is 11.8 Å². The van der Waals surface area contributed by atoms with Crippen LogP contribution in [0.5, 0.6) is 0 Å². The number of fused-ring (bicyclic) bond motifs is 6. The Balaban J connectivity index is 1.11. The van der Waals surface area contributed by atoms with Gasteiger partial charge in [0.15, 0.2) is 0 Å². The van der Waals surface area contributed by atoms with E-state index in [4.69, 9.17) is 0 Å². The predicted octanol–water partition coefficient (Wildman–Crippen LogP) is 15.0. The Bertz CT molecular complexity index is 2500. The zero-order valence-electron chi connectivity index (χ0n) is 32.0. The van der Waals surface area contributed by atoms with Crippen molar-refractivity contribution in [3.8, 4) is 33.4 Å². The molecule has 3 unspecified atom stereocenters. The molecule has 2 fully saturated rings. The first-order valence-electron chi connectivity index (χ1n) is 20.2. The quantitative estimate of drug-likeness (QED) is 0.160. The van der Waals surface area contributed by atoms with Gasteiger partial charge in [0.25, 0.3) is 0 Å². The molecule has 0 saturated heterocycles. The van der Waals surface area contributed by atoms with E-state index in [0.29, 0.717) is 5.92 Å². The first kappa shape index (κ1) is 33.2. The molecule has 10 rings (SSSR count). The van der Waals surface area contributed by atoms with Gasteiger partial charge in [-0.2, -0.15) is 0 Å². The maximum Gasteiger partial charge on any atom is 0.0546 e. The summed E-state index contributed by atoms with van der Waals surface area (Å²) in [6.07, 6.45) is 5.71. The topological polar surface area (TPSA) is 3.24 Å². The summed E-state index contributed by atoms with van der Waals surface area (Å²) in [4.78, 5) is 2.50. The van der Waals surface area contributed by atoms with Crippen LogP contribution in [0.2, 0.25) is 0 Å². The molecule has 2 saturated carbocycles. The molecular formula is C53H49N. The lowest BCUT2D eigenvalue weighted by atomic mass is 9.81. The molecule has 54 heavy (non-hydrogen) atoms. The zero-order chi connectivity index (χ0) is 36.6. The molecule has 2 bridgehead atoms. The van der Waals surface area contributed by atoms with Crippen LogP contribution in [0.3, 0.4) is 0 Å². The molecule has 1 nitrogen and oxygen atoms in total. The Morgan fingerprint density at radius 3 is 1.93 bits per heavy atom. The van der Waals surface area contributed by atoms with Crippen LogP contribution in [0.15, 0.2) is 152 Å².